The maximum absolute atomic E-state index is 12.4. The van der Waals surface area contributed by atoms with Crippen LogP contribution in [0.15, 0.2) is 12.1 Å². The highest BCUT2D eigenvalue weighted by molar-refractivity contribution is 5.98. The molecule has 0 aromatic heterocycles. The van der Waals surface area contributed by atoms with Crippen molar-refractivity contribution in [2.24, 2.45) is 0 Å². The van der Waals surface area contributed by atoms with Crippen molar-refractivity contribution in [1.82, 2.24) is 4.90 Å². The highest BCUT2D eigenvalue weighted by Crippen LogP contribution is 2.27. The standard InChI is InChI=1S/C15H19F2NO4/c1-8-6-10(7-9(2)11(8)22-14(16)17)12(19)18(5)15(3,4)13(20)21/h6-7,14H,1-5H3,(H,20,21). The number of carbonyl (C=O) groups excluding carboxylic acids is 1. The molecule has 0 bridgehead atoms. The van der Waals surface area contributed by atoms with E-state index >= 15 is 0 Å². The smallest absolute Gasteiger partial charge is 0.387 e. The first-order chi connectivity index (χ1) is 9.98. The Hall–Kier alpha value is -2.18. The summed E-state index contributed by atoms with van der Waals surface area (Å²) in [4.78, 5) is 24.7. The Balaban J connectivity index is 3.18. The summed E-state index contributed by atoms with van der Waals surface area (Å²) in [6.07, 6.45) is 0. The number of carbonyl (C=O) groups is 2. The summed E-state index contributed by atoms with van der Waals surface area (Å²) < 4.78 is 29.1. The van der Waals surface area contributed by atoms with Gasteiger partial charge in [-0.25, -0.2) is 4.79 Å². The Kier molecular flexibility index (Phi) is 5.11. The van der Waals surface area contributed by atoms with Gasteiger partial charge in [0.05, 0.1) is 0 Å². The van der Waals surface area contributed by atoms with Crippen molar-refractivity contribution >= 4 is 11.9 Å². The molecule has 5 nitrogen and oxygen atoms in total. The summed E-state index contributed by atoms with van der Waals surface area (Å²) in [5.41, 5.74) is -0.416. The lowest BCUT2D eigenvalue weighted by Crippen LogP contribution is -2.50. The van der Waals surface area contributed by atoms with E-state index in [2.05, 4.69) is 4.74 Å². The fourth-order valence-corrected chi connectivity index (χ4v) is 1.94. The number of carboxylic acids is 1. The van der Waals surface area contributed by atoms with Crippen molar-refractivity contribution in [2.75, 3.05) is 7.05 Å². The van der Waals surface area contributed by atoms with Crippen LogP contribution in [0.4, 0.5) is 8.78 Å². The molecule has 0 heterocycles. The molecule has 0 aliphatic rings. The van der Waals surface area contributed by atoms with Gasteiger partial charge in [-0.15, -0.1) is 0 Å². The lowest BCUT2D eigenvalue weighted by molar-refractivity contribution is -0.147. The lowest BCUT2D eigenvalue weighted by Gasteiger charge is -2.31. The average Bonchev–Trinajstić information content (AvgIpc) is 2.40. The summed E-state index contributed by atoms with van der Waals surface area (Å²) in [6.45, 7) is 2.95. The Morgan fingerprint density at radius 2 is 1.68 bits per heavy atom. The number of halogens is 2. The quantitative estimate of drug-likeness (QED) is 0.907. The van der Waals surface area contributed by atoms with Crippen LogP contribution >= 0.6 is 0 Å². The van der Waals surface area contributed by atoms with Gasteiger partial charge < -0.3 is 14.7 Å². The Bertz CT molecular complexity index is 576. The highest BCUT2D eigenvalue weighted by atomic mass is 19.3. The van der Waals surface area contributed by atoms with E-state index < -0.39 is 24.0 Å². The lowest BCUT2D eigenvalue weighted by atomic mass is 10.0. The second-order valence-corrected chi connectivity index (χ2v) is 5.55. The van der Waals surface area contributed by atoms with Crippen molar-refractivity contribution in [1.29, 1.82) is 0 Å². The molecule has 0 saturated heterocycles. The van der Waals surface area contributed by atoms with Crippen molar-refractivity contribution in [3.63, 3.8) is 0 Å². The molecule has 0 atom stereocenters. The molecular weight excluding hydrogens is 296 g/mol. The summed E-state index contributed by atoms with van der Waals surface area (Å²) in [6, 6.07) is 2.81. The van der Waals surface area contributed by atoms with E-state index in [9.17, 15) is 18.4 Å². The summed E-state index contributed by atoms with van der Waals surface area (Å²) in [7, 11) is 1.38. The molecule has 0 fully saturated rings. The van der Waals surface area contributed by atoms with Crippen LogP contribution in [-0.4, -0.2) is 41.1 Å². The zero-order valence-electron chi connectivity index (χ0n) is 13.1. The molecule has 122 valence electrons. The minimum atomic E-state index is -2.95. The molecule has 22 heavy (non-hydrogen) atoms. The number of nitrogens with zero attached hydrogens (tertiary/aromatic N) is 1. The number of alkyl halides is 2. The number of aryl methyl sites for hydroxylation is 2. The minimum absolute atomic E-state index is 0.0201. The van der Waals surface area contributed by atoms with Gasteiger partial charge in [-0.2, -0.15) is 8.78 Å². The predicted molar refractivity (Wildman–Crippen MR) is 76.4 cm³/mol. The van der Waals surface area contributed by atoms with Crippen molar-refractivity contribution < 1.29 is 28.2 Å². The fraction of sp³-hybridized carbons (Fsp3) is 0.467. The van der Waals surface area contributed by atoms with Gasteiger partial charge in [0.2, 0.25) is 0 Å². The Morgan fingerprint density at radius 3 is 2.05 bits per heavy atom. The van der Waals surface area contributed by atoms with Crippen LogP contribution in [0.25, 0.3) is 0 Å². The third-order valence-corrected chi connectivity index (χ3v) is 3.58. The first-order valence-electron chi connectivity index (χ1n) is 6.56. The van der Waals surface area contributed by atoms with E-state index in [-0.39, 0.29) is 11.3 Å². The maximum atomic E-state index is 12.4. The van der Waals surface area contributed by atoms with E-state index in [1.54, 1.807) is 13.8 Å². The molecule has 0 radical (unpaired) electrons. The number of likely N-dealkylation sites (N-methyl/N-ethyl adjacent to an activating group) is 1. The number of hydrogen-bond donors (Lipinski definition) is 1. The number of benzene rings is 1. The van der Waals surface area contributed by atoms with Crippen LogP contribution in [0.3, 0.4) is 0 Å². The number of carboxylic acid groups (broad SMARTS) is 1. The van der Waals surface area contributed by atoms with Crippen LogP contribution < -0.4 is 4.74 Å². The number of amides is 1. The van der Waals surface area contributed by atoms with Crippen LogP contribution in [-0.2, 0) is 4.79 Å². The molecule has 0 aliphatic carbocycles. The molecule has 1 aromatic rings. The van der Waals surface area contributed by atoms with Gasteiger partial charge in [0, 0.05) is 12.6 Å². The average molecular weight is 315 g/mol. The van der Waals surface area contributed by atoms with Crippen LogP contribution in [0, 0.1) is 13.8 Å². The van der Waals surface area contributed by atoms with E-state index in [4.69, 9.17) is 5.11 Å². The zero-order chi connectivity index (χ0) is 17.2. The largest absolute Gasteiger partial charge is 0.480 e. The van der Waals surface area contributed by atoms with E-state index in [1.165, 1.54) is 33.0 Å². The first-order valence-corrected chi connectivity index (χ1v) is 6.56. The van der Waals surface area contributed by atoms with Crippen molar-refractivity contribution in [3.8, 4) is 5.75 Å². The number of rotatable bonds is 5. The van der Waals surface area contributed by atoms with Gasteiger partial charge in [0.1, 0.15) is 11.3 Å². The normalized spacial score (nSPS) is 11.5. The van der Waals surface area contributed by atoms with Gasteiger partial charge in [0.25, 0.3) is 5.91 Å². The molecule has 1 aromatic carbocycles. The van der Waals surface area contributed by atoms with Crippen LogP contribution in [0.1, 0.15) is 35.3 Å². The third-order valence-electron chi connectivity index (χ3n) is 3.58. The van der Waals surface area contributed by atoms with Crippen LogP contribution in [0.2, 0.25) is 0 Å². The molecule has 1 N–H and O–H groups in total. The molecule has 0 aliphatic heterocycles. The van der Waals surface area contributed by atoms with Crippen molar-refractivity contribution in [2.45, 2.75) is 39.8 Å². The maximum Gasteiger partial charge on any atom is 0.387 e. The second-order valence-electron chi connectivity index (χ2n) is 5.55. The SMILES string of the molecule is Cc1cc(C(=O)N(C)C(C)(C)C(=O)O)cc(C)c1OC(F)F. The topological polar surface area (TPSA) is 66.8 Å². The summed E-state index contributed by atoms with van der Waals surface area (Å²) in [5.74, 6) is -1.64. The molecule has 7 heteroatoms. The Labute approximate surface area is 127 Å². The summed E-state index contributed by atoms with van der Waals surface area (Å²) >= 11 is 0. The van der Waals surface area contributed by atoms with E-state index in [0.29, 0.717) is 11.1 Å². The second kappa shape index (κ2) is 6.29. The van der Waals surface area contributed by atoms with Crippen molar-refractivity contribution in [3.05, 3.63) is 28.8 Å². The van der Waals surface area contributed by atoms with Crippen LogP contribution in [0.5, 0.6) is 5.75 Å². The molecule has 1 rings (SSSR count). The van der Waals surface area contributed by atoms with E-state index in [1.807, 2.05) is 0 Å². The molecule has 0 saturated carbocycles. The zero-order valence-corrected chi connectivity index (χ0v) is 13.1. The number of hydrogen-bond acceptors (Lipinski definition) is 3. The number of aliphatic carboxylic acids is 1. The minimum Gasteiger partial charge on any atom is -0.480 e. The Morgan fingerprint density at radius 1 is 1.23 bits per heavy atom. The van der Waals surface area contributed by atoms with E-state index in [0.717, 1.165) is 4.90 Å². The molecule has 0 spiro atoms. The molecule has 0 unspecified atom stereocenters. The predicted octanol–water partition coefficient (Wildman–Crippen LogP) is 2.84. The van der Waals surface area contributed by atoms with Gasteiger partial charge in [-0.1, -0.05) is 0 Å². The monoisotopic (exact) mass is 315 g/mol. The van der Waals surface area contributed by atoms with Gasteiger partial charge in [-0.3, -0.25) is 4.79 Å². The van der Waals surface area contributed by atoms with Gasteiger partial charge in [0.15, 0.2) is 0 Å². The molecular formula is C15H19F2NO4. The molecule has 1 amide bonds. The van der Waals surface area contributed by atoms with Gasteiger partial charge in [-0.05, 0) is 51.0 Å². The fourth-order valence-electron chi connectivity index (χ4n) is 1.94. The summed E-state index contributed by atoms with van der Waals surface area (Å²) in [5, 5.41) is 9.16. The third kappa shape index (κ3) is 3.52. The first kappa shape index (κ1) is 17.9. The highest BCUT2D eigenvalue weighted by Gasteiger charge is 2.35. The number of ether oxygens (including phenoxy) is 1. The van der Waals surface area contributed by atoms with Gasteiger partial charge >= 0.3 is 12.6 Å².